The second kappa shape index (κ2) is 6.08. The number of hydrogen-bond acceptors (Lipinski definition) is 4. The normalized spacial score (nSPS) is 14.9. The molecule has 0 bridgehead atoms. The summed E-state index contributed by atoms with van der Waals surface area (Å²) in [4.78, 5) is 2.22. The lowest BCUT2D eigenvalue weighted by Crippen LogP contribution is -2.27. The first kappa shape index (κ1) is 14.6. The van der Waals surface area contributed by atoms with Crippen LogP contribution in [0.2, 0.25) is 0 Å². The van der Waals surface area contributed by atoms with E-state index in [9.17, 15) is 0 Å². The summed E-state index contributed by atoms with van der Waals surface area (Å²) < 4.78 is 14.2. The molecule has 0 N–H and O–H groups in total. The van der Waals surface area contributed by atoms with Crippen LogP contribution >= 0.6 is 8.53 Å². The summed E-state index contributed by atoms with van der Waals surface area (Å²) in [5.41, 5.74) is 2.42. The van der Waals surface area contributed by atoms with Crippen molar-refractivity contribution >= 4 is 19.9 Å². The number of anilines is 2. The Balaban J connectivity index is 2.23. The Bertz CT molecular complexity index is 416. The van der Waals surface area contributed by atoms with Crippen molar-refractivity contribution in [3.05, 3.63) is 24.3 Å². The van der Waals surface area contributed by atoms with Crippen LogP contribution in [-0.2, 0) is 9.05 Å². The average molecular weight is 282 g/mol. The summed E-state index contributed by atoms with van der Waals surface area (Å²) >= 11 is 0. The molecule has 0 saturated heterocycles. The molecule has 1 heterocycles. The van der Waals surface area contributed by atoms with E-state index in [1.807, 2.05) is 27.7 Å². The summed E-state index contributed by atoms with van der Waals surface area (Å²) in [5.74, 6) is 0. The Morgan fingerprint density at radius 1 is 1.00 bits per heavy atom. The molecule has 4 nitrogen and oxygen atoms in total. The molecule has 1 aliphatic rings. The molecular formula is C14H23N2O2P. The number of rotatable bonds is 5. The number of nitrogens with zero attached hydrogens (tertiary/aromatic N) is 2. The largest absolute Gasteiger partial charge is 0.355 e. The summed E-state index contributed by atoms with van der Waals surface area (Å²) in [6.07, 6.45) is 0.311. The maximum atomic E-state index is 5.99. The van der Waals surface area contributed by atoms with Gasteiger partial charge in [0.2, 0.25) is 0 Å². The minimum atomic E-state index is -1.06. The lowest BCUT2D eigenvalue weighted by Gasteiger charge is -2.30. The summed E-state index contributed by atoms with van der Waals surface area (Å²) in [6.45, 7) is 9.00. The van der Waals surface area contributed by atoms with Crippen molar-refractivity contribution in [1.29, 1.82) is 0 Å². The molecule has 2 rings (SSSR count). The molecule has 0 radical (unpaired) electrons. The highest BCUT2D eigenvalue weighted by atomic mass is 31.2. The molecule has 1 aromatic rings. The van der Waals surface area contributed by atoms with Crippen molar-refractivity contribution in [2.75, 3.05) is 23.3 Å². The monoisotopic (exact) mass is 282 g/mol. The van der Waals surface area contributed by atoms with Gasteiger partial charge in [0, 0.05) is 7.05 Å². The first-order valence-corrected chi connectivity index (χ1v) is 7.83. The third-order valence-electron chi connectivity index (χ3n) is 2.72. The van der Waals surface area contributed by atoms with Crippen molar-refractivity contribution in [1.82, 2.24) is 0 Å². The van der Waals surface area contributed by atoms with Gasteiger partial charge in [-0.05, 0) is 39.8 Å². The molecule has 0 aliphatic carbocycles. The average Bonchev–Trinajstić information content (AvgIpc) is 2.66. The maximum Gasteiger partial charge on any atom is 0.292 e. The molecule has 0 fully saturated rings. The van der Waals surface area contributed by atoms with Crippen molar-refractivity contribution in [3.8, 4) is 0 Å². The minimum Gasteiger partial charge on any atom is -0.355 e. The Labute approximate surface area is 117 Å². The van der Waals surface area contributed by atoms with E-state index in [1.165, 1.54) is 11.4 Å². The fraction of sp³-hybridized carbons (Fsp3) is 0.571. The zero-order valence-electron chi connectivity index (χ0n) is 12.3. The minimum absolute atomic E-state index is 0.155. The van der Waals surface area contributed by atoms with E-state index >= 15 is 0 Å². The van der Waals surface area contributed by atoms with Gasteiger partial charge in [0.15, 0.2) is 0 Å². The van der Waals surface area contributed by atoms with Gasteiger partial charge in [-0.2, -0.15) is 0 Å². The summed E-state index contributed by atoms with van der Waals surface area (Å²) in [5, 5.41) is 0. The van der Waals surface area contributed by atoms with E-state index in [0.717, 1.165) is 6.67 Å². The number of para-hydroxylation sites is 2. The Kier molecular flexibility index (Phi) is 4.67. The van der Waals surface area contributed by atoms with Gasteiger partial charge >= 0.3 is 0 Å². The third-order valence-corrected chi connectivity index (χ3v) is 4.66. The van der Waals surface area contributed by atoms with Crippen LogP contribution in [0.15, 0.2) is 24.3 Å². The molecule has 0 saturated carbocycles. The third kappa shape index (κ3) is 3.38. The van der Waals surface area contributed by atoms with Gasteiger partial charge < -0.3 is 13.9 Å². The molecule has 19 heavy (non-hydrogen) atoms. The molecule has 0 spiro atoms. The lowest BCUT2D eigenvalue weighted by atomic mass is 10.3. The number of hydrogen-bond donors (Lipinski definition) is 0. The highest BCUT2D eigenvalue weighted by Gasteiger charge is 2.32. The second-order valence-corrected chi connectivity index (χ2v) is 6.65. The van der Waals surface area contributed by atoms with Crippen LogP contribution in [0.1, 0.15) is 27.7 Å². The molecule has 5 heteroatoms. The smallest absolute Gasteiger partial charge is 0.292 e. The van der Waals surface area contributed by atoms with Gasteiger partial charge in [-0.1, -0.05) is 12.1 Å². The second-order valence-electron chi connectivity index (χ2n) is 5.27. The predicted molar refractivity (Wildman–Crippen MR) is 81.6 cm³/mol. The molecule has 0 aromatic heterocycles. The number of benzene rings is 1. The summed E-state index contributed by atoms with van der Waals surface area (Å²) in [6, 6.07) is 8.38. The van der Waals surface area contributed by atoms with Crippen LogP contribution in [0.3, 0.4) is 0 Å². The molecule has 0 amide bonds. The first-order valence-electron chi connectivity index (χ1n) is 6.70. The van der Waals surface area contributed by atoms with E-state index in [1.54, 1.807) is 0 Å². The van der Waals surface area contributed by atoms with E-state index in [2.05, 4.69) is 40.9 Å². The van der Waals surface area contributed by atoms with Crippen molar-refractivity contribution in [2.45, 2.75) is 39.9 Å². The Hall–Kier alpha value is -0.830. The fourth-order valence-electron chi connectivity index (χ4n) is 2.00. The van der Waals surface area contributed by atoms with Crippen molar-refractivity contribution in [3.63, 3.8) is 0 Å². The molecular weight excluding hydrogens is 259 g/mol. The fourth-order valence-corrected chi connectivity index (χ4v) is 3.63. The van der Waals surface area contributed by atoms with Crippen LogP contribution in [0.25, 0.3) is 0 Å². The number of fused-ring (bicyclic) bond motifs is 1. The zero-order chi connectivity index (χ0) is 14.0. The molecule has 1 aromatic carbocycles. The highest BCUT2D eigenvalue weighted by molar-refractivity contribution is 7.49. The molecule has 106 valence electrons. The van der Waals surface area contributed by atoms with Gasteiger partial charge in [0.1, 0.15) is 0 Å². The predicted octanol–water partition coefficient (Wildman–Crippen LogP) is 3.98. The van der Waals surface area contributed by atoms with E-state index in [-0.39, 0.29) is 12.2 Å². The van der Waals surface area contributed by atoms with E-state index in [0.29, 0.717) is 0 Å². The first-order chi connectivity index (χ1) is 8.99. The van der Waals surface area contributed by atoms with Gasteiger partial charge in [0.05, 0.1) is 30.3 Å². The van der Waals surface area contributed by atoms with Gasteiger partial charge in [-0.25, -0.2) is 0 Å². The van der Waals surface area contributed by atoms with Gasteiger partial charge in [-0.15, -0.1) is 0 Å². The standard InChI is InChI=1S/C14H23N2O2P/c1-11(2)17-19(18-12(3)4)16-10-15(5)13-8-6-7-9-14(13)16/h6-9,11-12H,10H2,1-5H3. The van der Waals surface area contributed by atoms with Gasteiger partial charge in [0.25, 0.3) is 8.53 Å². The van der Waals surface area contributed by atoms with Crippen molar-refractivity contribution < 1.29 is 9.05 Å². The van der Waals surface area contributed by atoms with E-state index in [4.69, 9.17) is 9.05 Å². The van der Waals surface area contributed by atoms with Crippen LogP contribution in [-0.4, -0.2) is 25.9 Å². The quantitative estimate of drug-likeness (QED) is 0.763. The zero-order valence-corrected chi connectivity index (χ0v) is 13.2. The Morgan fingerprint density at radius 3 is 2.05 bits per heavy atom. The summed E-state index contributed by atoms with van der Waals surface area (Å²) in [7, 11) is 1.03. The van der Waals surface area contributed by atoms with Crippen LogP contribution in [0, 0.1) is 0 Å². The van der Waals surface area contributed by atoms with Crippen molar-refractivity contribution in [2.24, 2.45) is 0 Å². The molecule has 0 unspecified atom stereocenters. The Morgan fingerprint density at radius 2 is 1.53 bits per heavy atom. The van der Waals surface area contributed by atoms with Crippen LogP contribution in [0.4, 0.5) is 11.4 Å². The van der Waals surface area contributed by atoms with Gasteiger partial charge in [-0.3, -0.25) is 4.67 Å². The molecule has 0 atom stereocenters. The maximum absolute atomic E-state index is 5.99. The highest BCUT2D eigenvalue weighted by Crippen LogP contribution is 2.53. The lowest BCUT2D eigenvalue weighted by molar-refractivity contribution is 0.176. The van der Waals surface area contributed by atoms with E-state index < -0.39 is 8.53 Å². The van der Waals surface area contributed by atoms with Crippen LogP contribution < -0.4 is 9.57 Å². The topological polar surface area (TPSA) is 24.9 Å². The molecule has 1 aliphatic heterocycles. The SMILES string of the molecule is CC(C)OP(OC(C)C)N1CN(C)c2ccccc21. The van der Waals surface area contributed by atoms with Crippen LogP contribution in [0.5, 0.6) is 0 Å².